The molecule has 0 N–H and O–H groups in total. The van der Waals surface area contributed by atoms with Crippen molar-refractivity contribution in [1.82, 2.24) is 4.90 Å². The molecule has 0 aromatic heterocycles. The molecule has 5 nitrogen and oxygen atoms in total. The van der Waals surface area contributed by atoms with Crippen LogP contribution in [0.25, 0.3) is 0 Å². The van der Waals surface area contributed by atoms with Crippen molar-refractivity contribution in [3.05, 3.63) is 58.7 Å². The number of ketones is 1. The number of fused-ring (bicyclic) bond motifs is 1. The summed E-state index contributed by atoms with van der Waals surface area (Å²) in [6.07, 6.45) is -9.66. The summed E-state index contributed by atoms with van der Waals surface area (Å²) in [4.78, 5) is 26.7. The molecule has 0 saturated carbocycles. The third-order valence-electron chi connectivity index (χ3n) is 6.09. The van der Waals surface area contributed by atoms with E-state index in [1.165, 1.54) is 12.0 Å². The summed E-state index contributed by atoms with van der Waals surface area (Å²) in [6.45, 7) is 0.0183. The third kappa shape index (κ3) is 4.55. The highest BCUT2D eigenvalue weighted by Crippen LogP contribution is 2.41. The number of benzene rings is 2. The summed E-state index contributed by atoms with van der Waals surface area (Å²) in [5, 5.41) is 0. The topological polar surface area (TPSA) is 55.8 Å². The Hall–Kier alpha value is -3.24. The predicted octanol–water partition coefficient (Wildman–Crippen LogP) is 5.37. The van der Waals surface area contributed by atoms with Gasteiger partial charge in [0.15, 0.2) is 5.78 Å². The number of carbonyl (C=O) groups is 2. The second-order valence-corrected chi connectivity index (χ2v) is 8.33. The number of rotatable bonds is 2. The zero-order valence-electron chi connectivity index (χ0n) is 17.8. The van der Waals surface area contributed by atoms with E-state index in [-0.39, 0.29) is 44.2 Å². The molecule has 0 aliphatic carbocycles. The lowest BCUT2D eigenvalue weighted by Crippen LogP contribution is -2.52. The number of alkyl halides is 6. The molecule has 11 heteroatoms. The number of Topliss-reactive ketones (excluding diaryl/α,β-unsaturated/α-hetero) is 1. The largest absolute Gasteiger partial charge is 0.497 e. The number of likely N-dealkylation sites (tertiary alicyclic amines) is 1. The van der Waals surface area contributed by atoms with Crippen molar-refractivity contribution in [1.29, 1.82) is 0 Å². The smallest absolute Gasteiger partial charge is 0.416 e. The molecule has 0 unspecified atom stereocenters. The molecule has 34 heavy (non-hydrogen) atoms. The molecule has 2 aliphatic heterocycles. The molecule has 4 rings (SSSR count). The second-order valence-electron chi connectivity index (χ2n) is 8.33. The lowest BCUT2D eigenvalue weighted by atomic mass is 9.82. The first-order chi connectivity index (χ1) is 15.8. The minimum Gasteiger partial charge on any atom is -0.497 e. The first-order valence-corrected chi connectivity index (χ1v) is 10.3. The Balaban J connectivity index is 1.54. The van der Waals surface area contributed by atoms with Gasteiger partial charge in [-0.25, -0.2) is 0 Å². The van der Waals surface area contributed by atoms with E-state index in [1.807, 2.05) is 0 Å². The molecule has 1 amide bonds. The number of nitrogens with zero attached hydrogens (tertiary/aromatic N) is 1. The van der Waals surface area contributed by atoms with Gasteiger partial charge in [-0.1, -0.05) is 0 Å². The molecule has 2 aliphatic rings. The minimum atomic E-state index is -5.05. The van der Waals surface area contributed by atoms with Crippen molar-refractivity contribution in [3.63, 3.8) is 0 Å². The number of halogens is 6. The van der Waals surface area contributed by atoms with Crippen molar-refractivity contribution in [2.75, 3.05) is 20.2 Å². The van der Waals surface area contributed by atoms with Gasteiger partial charge in [-0.15, -0.1) is 0 Å². The lowest BCUT2D eigenvalue weighted by molar-refractivity contribution is -0.143. The summed E-state index contributed by atoms with van der Waals surface area (Å²) in [7, 11) is 1.46. The van der Waals surface area contributed by atoms with Gasteiger partial charge in [-0.2, -0.15) is 26.3 Å². The van der Waals surface area contributed by atoms with E-state index < -0.39 is 40.6 Å². The Morgan fingerprint density at radius 3 is 2.09 bits per heavy atom. The first kappa shape index (κ1) is 23.9. The SMILES string of the molecule is COc1ccc2c(c1)C(=O)CC1(CCN(C(=O)c3cc(C(F)(F)F)cc(C(F)(F)F)c3)CC1)O2. The number of ether oxygens (including phenoxy) is 2. The van der Waals surface area contributed by atoms with Crippen LogP contribution >= 0.6 is 0 Å². The van der Waals surface area contributed by atoms with E-state index in [2.05, 4.69) is 0 Å². The maximum absolute atomic E-state index is 13.1. The van der Waals surface area contributed by atoms with Gasteiger partial charge in [0.2, 0.25) is 0 Å². The third-order valence-corrected chi connectivity index (χ3v) is 6.09. The van der Waals surface area contributed by atoms with Gasteiger partial charge in [-0.3, -0.25) is 9.59 Å². The Bertz CT molecular complexity index is 1100. The monoisotopic (exact) mass is 487 g/mol. The van der Waals surface area contributed by atoms with Crippen LogP contribution in [-0.4, -0.2) is 42.4 Å². The molecular weight excluding hydrogens is 468 g/mol. The van der Waals surface area contributed by atoms with Crippen LogP contribution in [0.4, 0.5) is 26.3 Å². The minimum absolute atomic E-state index is 0.00913. The highest BCUT2D eigenvalue weighted by atomic mass is 19.4. The van der Waals surface area contributed by atoms with E-state index in [4.69, 9.17) is 9.47 Å². The second kappa shape index (κ2) is 8.21. The van der Waals surface area contributed by atoms with Crippen molar-refractivity contribution >= 4 is 11.7 Å². The maximum atomic E-state index is 13.1. The zero-order valence-corrected chi connectivity index (χ0v) is 17.8. The summed E-state index contributed by atoms with van der Waals surface area (Å²) < 4.78 is 90.0. The molecule has 1 fully saturated rings. The van der Waals surface area contributed by atoms with Crippen LogP contribution in [-0.2, 0) is 12.4 Å². The predicted molar refractivity (Wildman–Crippen MR) is 107 cm³/mol. The van der Waals surface area contributed by atoms with Crippen molar-refractivity contribution < 1.29 is 45.4 Å². The van der Waals surface area contributed by atoms with Crippen molar-refractivity contribution in [2.45, 2.75) is 37.2 Å². The number of carbonyl (C=O) groups excluding carboxylic acids is 2. The van der Waals surface area contributed by atoms with E-state index in [0.717, 1.165) is 0 Å². The number of hydrogen-bond acceptors (Lipinski definition) is 4. The Morgan fingerprint density at radius 1 is 0.971 bits per heavy atom. The molecular formula is C23H19F6NO4. The van der Waals surface area contributed by atoms with Gasteiger partial charge in [0.05, 0.1) is 30.2 Å². The highest BCUT2D eigenvalue weighted by molar-refractivity contribution is 6.01. The average Bonchev–Trinajstić information content (AvgIpc) is 2.77. The molecule has 1 spiro atoms. The first-order valence-electron chi connectivity index (χ1n) is 10.3. The molecule has 0 radical (unpaired) electrons. The number of piperidine rings is 1. The van der Waals surface area contributed by atoms with Crippen molar-refractivity contribution in [2.24, 2.45) is 0 Å². The molecule has 2 aromatic rings. The fourth-order valence-corrected chi connectivity index (χ4v) is 4.26. The van der Waals surface area contributed by atoms with Crippen LogP contribution in [0, 0.1) is 0 Å². The molecule has 0 bridgehead atoms. The van der Waals surface area contributed by atoms with Gasteiger partial charge >= 0.3 is 12.4 Å². The summed E-state index contributed by atoms with van der Waals surface area (Å²) in [5.41, 5.74) is -4.33. The van der Waals surface area contributed by atoms with Crippen LogP contribution < -0.4 is 9.47 Å². The molecule has 2 heterocycles. The Morgan fingerprint density at radius 2 is 1.56 bits per heavy atom. The summed E-state index contributed by atoms with van der Waals surface area (Å²) in [6, 6.07) is 5.63. The zero-order chi connectivity index (χ0) is 24.9. The lowest BCUT2D eigenvalue weighted by Gasteiger charge is -2.44. The number of amides is 1. The number of methoxy groups -OCH3 is 1. The average molecular weight is 487 g/mol. The summed E-state index contributed by atoms with van der Waals surface area (Å²) >= 11 is 0. The van der Waals surface area contributed by atoms with E-state index in [0.29, 0.717) is 29.2 Å². The molecule has 2 aromatic carbocycles. The van der Waals surface area contributed by atoms with Gasteiger partial charge in [0, 0.05) is 31.5 Å². The van der Waals surface area contributed by atoms with E-state index >= 15 is 0 Å². The Kier molecular flexibility index (Phi) is 5.77. The van der Waals surface area contributed by atoms with Crippen LogP contribution in [0.15, 0.2) is 36.4 Å². The molecule has 0 atom stereocenters. The van der Waals surface area contributed by atoms with Gasteiger partial charge < -0.3 is 14.4 Å². The fourth-order valence-electron chi connectivity index (χ4n) is 4.26. The molecule has 182 valence electrons. The maximum Gasteiger partial charge on any atom is 0.416 e. The normalized spacial score (nSPS) is 17.9. The molecule has 1 saturated heterocycles. The van der Waals surface area contributed by atoms with Crippen molar-refractivity contribution in [3.8, 4) is 11.5 Å². The number of hydrogen-bond donors (Lipinski definition) is 0. The van der Waals surface area contributed by atoms with Gasteiger partial charge in [-0.05, 0) is 36.4 Å². The van der Waals surface area contributed by atoms with Crippen LogP contribution in [0.1, 0.15) is 51.1 Å². The van der Waals surface area contributed by atoms with E-state index in [9.17, 15) is 35.9 Å². The van der Waals surface area contributed by atoms with Gasteiger partial charge in [0.25, 0.3) is 5.91 Å². The standard InChI is InChI=1S/C23H19F6NO4/c1-33-16-2-3-19-17(11-16)18(31)12-21(34-19)4-6-30(7-5-21)20(32)13-8-14(22(24,25)26)10-15(9-13)23(27,28)29/h2-3,8-11H,4-7,12H2,1H3. The van der Waals surface area contributed by atoms with E-state index in [1.54, 1.807) is 18.2 Å². The highest BCUT2D eigenvalue weighted by Gasteiger charge is 2.44. The van der Waals surface area contributed by atoms with Gasteiger partial charge in [0.1, 0.15) is 17.1 Å². The Labute approximate surface area is 190 Å². The summed E-state index contributed by atoms with van der Waals surface area (Å²) in [5.74, 6) is -0.262. The quantitative estimate of drug-likeness (QED) is 0.535. The fraction of sp³-hybridized carbons (Fsp3) is 0.391. The van der Waals surface area contributed by atoms with Crippen LogP contribution in [0.3, 0.4) is 0 Å². The van der Waals surface area contributed by atoms with Crippen LogP contribution in [0.5, 0.6) is 11.5 Å². The van der Waals surface area contributed by atoms with Crippen LogP contribution in [0.2, 0.25) is 0 Å².